The summed E-state index contributed by atoms with van der Waals surface area (Å²) in [4.78, 5) is 5.58. The van der Waals surface area contributed by atoms with E-state index in [9.17, 15) is 15.3 Å². The first-order chi connectivity index (χ1) is 11.2. The molecular formula is C18H42N3O3Y. The first-order valence-electron chi connectivity index (χ1n) is 9.35. The number of nitrogens with zero attached hydrogens (tertiary/aromatic N) is 3. The Morgan fingerprint density at radius 3 is 0.600 bits per heavy atom. The van der Waals surface area contributed by atoms with Gasteiger partial charge < -0.3 is 30.0 Å². The summed E-state index contributed by atoms with van der Waals surface area (Å²) in [6.07, 6.45) is -1.61. The van der Waals surface area contributed by atoms with Gasteiger partial charge in [-0.05, 0) is 39.3 Å². The van der Waals surface area contributed by atoms with Crippen LogP contribution in [0.1, 0.15) is 62.3 Å². The molecule has 3 atom stereocenters. The number of rotatable bonds is 9. The third kappa shape index (κ3) is 21.0. The summed E-state index contributed by atoms with van der Waals surface area (Å²) in [7, 11) is 0. The van der Waals surface area contributed by atoms with Crippen molar-refractivity contribution in [2.24, 2.45) is 0 Å². The van der Waals surface area contributed by atoms with Gasteiger partial charge in [0.05, 0.1) is 0 Å². The minimum atomic E-state index is -0.537. The molecule has 0 amide bonds. The smallest absolute Gasteiger partial charge is 0.841 e. The normalized spacial score (nSPS) is 14.0. The second-order valence-electron chi connectivity index (χ2n) is 5.46. The average molecular weight is 437 g/mol. The fourth-order valence-electron chi connectivity index (χ4n) is 2.21. The predicted octanol–water partition coefficient (Wildman–Crippen LogP) is 0.101. The third-order valence-electron chi connectivity index (χ3n) is 3.98. The molecule has 0 aromatic carbocycles. The van der Waals surface area contributed by atoms with Crippen molar-refractivity contribution in [3.63, 3.8) is 0 Å². The maximum absolute atomic E-state index is 10.6. The summed E-state index contributed by atoms with van der Waals surface area (Å²) < 4.78 is 0. The van der Waals surface area contributed by atoms with E-state index in [1.165, 1.54) is 0 Å². The molecule has 0 saturated carbocycles. The zero-order valence-electron chi connectivity index (χ0n) is 18.1. The van der Waals surface area contributed by atoms with Crippen LogP contribution in [0.15, 0.2) is 0 Å². The molecule has 0 bridgehead atoms. The van der Waals surface area contributed by atoms with Crippen molar-refractivity contribution in [1.29, 1.82) is 0 Å². The van der Waals surface area contributed by atoms with Crippen LogP contribution in [0.5, 0.6) is 0 Å². The van der Waals surface area contributed by atoms with Crippen LogP contribution in [0.25, 0.3) is 0 Å². The van der Waals surface area contributed by atoms with Gasteiger partial charge in [0.25, 0.3) is 0 Å². The van der Waals surface area contributed by atoms with Crippen LogP contribution in [0.4, 0.5) is 0 Å². The van der Waals surface area contributed by atoms with E-state index in [0.29, 0.717) is 0 Å². The summed E-state index contributed by atoms with van der Waals surface area (Å²) in [6.45, 7) is 22.2. The molecule has 150 valence electrons. The molecule has 0 N–H and O–H groups in total. The molecule has 0 rings (SSSR count). The largest absolute Gasteiger partial charge is 3.00 e. The second kappa shape index (κ2) is 22.9. The van der Waals surface area contributed by atoms with Crippen molar-refractivity contribution >= 4 is 0 Å². The zero-order valence-corrected chi connectivity index (χ0v) is 21.0. The molecule has 0 radical (unpaired) electrons. The molecular weight excluding hydrogens is 395 g/mol. The van der Waals surface area contributed by atoms with E-state index in [2.05, 4.69) is 0 Å². The van der Waals surface area contributed by atoms with Gasteiger partial charge in [0.1, 0.15) is 0 Å². The summed E-state index contributed by atoms with van der Waals surface area (Å²) in [5.74, 6) is 0. The van der Waals surface area contributed by atoms with Crippen LogP contribution < -0.4 is 15.3 Å². The molecule has 0 aromatic rings. The molecule has 0 spiro atoms. The Morgan fingerprint density at radius 2 is 0.600 bits per heavy atom. The molecule has 0 saturated heterocycles. The van der Waals surface area contributed by atoms with E-state index in [4.69, 9.17) is 0 Å². The Labute approximate surface area is 182 Å². The van der Waals surface area contributed by atoms with Crippen LogP contribution in [0.2, 0.25) is 0 Å². The fraction of sp³-hybridized carbons (Fsp3) is 1.00. The van der Waals surface area contributed by atoms with E-state index in [-0.39, 0.29) is 32.7 Å². The topological polar surface area (TPSA) is 78.9 Å². The van der Waals surface area contributed by atoms with Gasteiger partial charge in [-0.2, -0.15) is 0 Å². The summed E-state index contributed by atoms with van der Waals surface area (Å²) in [5, 5.41) is 31.8. The van der Waals surface area contributed by atoms with Crippen molar-refractivity contribution in [1.82, 2.24) is 14.7 Å². The van der Waals surface area contributed by atoms with Gasteiger partial charge in [-0.1, -0.05) is 81.0 Å². The van der Waals surface area contributed by atoms with Crippen LogP contribution in [-0.4, -0.2) is 72.7 Å². The van der Waals surface area contributed by atoms with Gasteiger partial charge in [-0.3, -0.25) is 0 Å². The van der Waals surface area contributed by atoms with E-state index in [1.807, 2.05) is 56.2 Å². The second-order valence-corrected chi connectivity index (χ2v) is 5.46. The molecule has 6 nitrogen and oxygen atoms in total. The van der Waals surface area contributed by atoms with E-state index >= 15 is 0 Å². The Morgan fingerprint density at radius 1 is 0.480 bits per heavy atom. The first kappa shape index (κ1) is 33.4. The van der Waals surface area contributed by atoms with Crippen molar-refractivity contribution in [2.45, 2.75) is 81.0 Å². The van der Waals surface area contributed by atoms with E-state index in [1.54, 1.807) is 20.8 Å². The van der Waals surface area contributed by atoms with Gasteiger partial charge in [-0.25, -0.2) is 0 Å². The summed E-state index contributed by atoms with van der Waals surface area (Å²) in [5.41, 5.74) is 0. The van der Waals surface area contributed by atoms with Crippen LogP contribution in [-0.2, 0) is 32.7 Å². The van der Waals surface area contributed by atoms with Gasteiger partial charge in [0, 0.05) is 0 Å². The SMILES string of the molecule is CCN(CC)C(C)[O-].CCN(CC)C(C)[O-].CCN(CC)C(C)[O-].[Y+3]. The van der Waals surface area contributed by atoms with Gasteiger partial charge in [0.2, 0.25) is 0 Å². The Kier molecular flexibility index (Phi) is 30.6. The molecule has 0 aromatic heterocycles. The third-order valence-corrected chi connectivity index (χ3v) is 3.98. The Balaban J connectivity index is -0.000000130. The Bertz CT molecular complexity index is 196. The number of hydrogen-bond acceptors (Lipinski definition) is 6. The van der Waals surface area contributed by atoms with Crippen molar-refractivity contribution < 1.29 is 48.0 Å². The standard InChI is InChI=1S/3C6H14NO.Y/c3*1-4-7(5-2)6(3)8;/h3*6H,4-5H2,1-3H3;/q3*-1;+3. The molecule has 0 heterocycles. The summed E-state index contributed by atoms with van der Waals surface area (Å²) >= 11 is 0. The minimum Gasteiger partial charge on any atom is -0.841 e. The quantitative estimate of drug-likeness (QED) is 0.476. The molecule has 0 aliphatic heterocycles. The van der Waals surface area contributed by atoms with Crippen LogP contribution >= 0.6 is 0 Å². The van der Waals surface area contributed by atoms with Crippen molar-refractivity contribution in [3.8, 4) is 0 Å². The minimum absolute atomic E-state index is 0. The van der Waals surface area contributed by atoms with E-state index < -0.39 is 18.7 Å². The average Bonchev–Trinajstić information content (AvgIpc) is 2.51. The predicted molar refractivity (Wildman–Crippen MR) is 97.1 cm³/mol. The summed E-state index contributed by atoms with van der Waals surface area (Å²) in [6, 6.07) is 0. The zero-order chi connectivity index (χ0) is 19.7. The van der Waals surface area contributed by atoms with Crippen LogP contribution in [0, 0.1) is 0 Å². The molecule has 0 aliphatic rings. The van der Waals surface area contributed by atoms with Crippen molar-refractivity contribution in [2.75, 3.05) is 39.3 Å². The molecule has 25 heavy (non-hydrogen) atoms. The van der Waals surface area contributed by atoms with Gasteiger partial charge in [0.15, 0.2) is 0 Å². The molecule has 3 unspecified atom stereocenters. The molecule has 7 heteroatoms. The maximum Gasteiger partial charge on any atom is 3.00 e. The molecule has 0 fully saturated rings. The first-order valence-corrected chi connectivity index (χ1v) is 9.35. The number of hydrogen-bond donors (Lipinski definition) is 0. The fourth-order valence-corrected chi connectivity index (χ4v) is 2.21. The van der Waals surface area contributed by atoms with Crippen LogP contribution in [0.3, 0.4) is 0 Å². The monoisotopic (exact) mass is 437 g/mol. The maximum atomic E-state index is 10.6. The Hall–Kier alpha value is 0.864. The van der Waals surface area contributed by atoms with Gasteiger partial charge in [-0.15, -0.1) is 0 Å². The van der Waals surface area contributed by atoms with Gasteiger partial charge >= 0.3 is 32.7 Å². The molecule has 0 aliphatic carbocycles. The van der Waals surface area contributed by atoms with E-state index in [0.717, 1.165) is 39.3 Å². The van der Waals surface area contributed by atoms with Crippen molar-refractivity contribution in [3.05, 3.63) is 0 Å².